The summed E-state index contributed by atoms with van der Waals surface area (Å²) in [6.07, 6.45) is 1.49. The van der Waals surface area contributed by atoms with Crippen molar-refractivity contribution in [2.24, 2.45) is 0 Å². The van der Waals surface area contributed by atoms with Gasteiger partial charge in [-0.2, -0.15) is 5.26 Å². The minimum atomic E-state index is 0.0323. The first-order chi connectivity index (χ1) is 7.15. The molecule has 2 heterocycles. The fourth-order valence-corrected chi connectivity index (χ4v) is 1.94. The van der Waals surface area contributed by atoms with Gasteiger partial charge in [-0.1, -0.05) is 34.8 Å². The van der Waals surface area contributed by atoms with Gasteiger partial charge in [0.15, 0.2) is 5.15 Å². The number of pyridine rings is 2. The Bertz CT molecular complexity index is 589. The highest BCUT2D eigenvalue weighted by atomic mass is 35.5. The summed E-state index contributed by atoms with van der Waals surface area (Å²) < 4.78 is 0. The van der Waals surface area contributed by atoms with E-state index in [-0.39, 0.29) is 20.9 Å². The van der Waals surface area contributed by atoms with Gasteiger partial charge in [-0.15, -0.1) is 0 Å². The summed E-state index contributed by atoms with van der Waals surface area (Å²) in [6.45, 7) is 0. The van der Waals surface area contributed by atoms with E-state index >= 15 is 0 Å². The Morgan fingerprint density at radius 2 is 1.93 bits per heavy atom. The molecule has 2 rings (SSSR count). The van der Waals surface area contributed by atoms with E-state index in [1.807, 2.05) is 6.07 Å². The van der Waals surface area contributed by atoms with Crippen LogP contribution in [0, 0.1) is 11.3 Å². The van der Waals surface area contributed by atoms with Crippen molar-refractivity contribution in [1.29, 1.82) is 5.26 Å². The van der Waals surface area contributed by atoms with Gasteiger partial charge >= 0.3 is 0 Å². The molecule has 2 aromatic rings. The van der Waals surface area contributed by atoms with Crippen LogP contribution in [-0.4, -0.2) is 9.97 Å². The molecule has 0 atom stereocenters. The van der Waals surface area contributed by atoms with Crippen molar-refractivity contribution in [1.82, 2.24) is 9.97 Å². The largest absolute Gasteiger partial charge is 0.242 e. The molecule has 74 valence electrons. The van der Waals surface area contributed by atoms with Gasteiger partial charge in [0, 0.05) is 11.6 Å². The molecule has 0 aliphatic heterocycles. The molecule has 0 saturated carbocycles. The van der Waals surface area contributed by atoms with Crippen LogP contribution in [0.15, 0.2) is 12.3 Å². The minimum absolute atomic E-state index is 0.0323. The Balaban J connectivity index is 2.99. The molecule has 0 radical (unpaired) electrons. The van der Waals surface area contributed by atoms with Crippen molar-refractivity contribution in [3.05, 3.63) is 33.2 Å². The number of hydrogen-bond donors (Lipinski definition) is 0. The van der Waals surface area contributed by atoms with Crippen LogP contribution in [0.1, 0.15) is 5.56 Å². The Morgan fingerprint density at radius 3 is 2.60 bits per heavy atom. The van der Waals surface area contributed by atoms with Crippen LogP contribution >= 0.6 is 34.8 Å². The maximum absolute atomic E-state index is 8.82. The van der Waals surface area contributed by atoms with Crippen molar-refractivity contribution in [2.45, 2.75) is 0 Å². The molecule has 0 N–H and O–H groups in total. The van der Waals surface area contributed by atoms with E-state index < -0.39 is 0 Å². The van der Waals surface area contributed by atoms with E-state index in [2.05, 4.69) is 9.97 Å². The lowest BCUT2D eigenvalue weighted by atomic mass is 10.2. The monoisotopic (exact) mass is 257 g/mol. The highest BCUT2D eigenvalue weighted by Crippen LogP contribution is 2.32. The van der Waals surface area contributed by atoms with Gasteiger partial charge in [0.25, 0.3) is 0 Å². The van der Waals surface area contributed by atoms with Gasteiger partial charge < -0.3 is 0 Å². The molecule has 0 fully saturated rings. The van der Waals surface area contributed by atoms with Crippen LogP contribution in [0.5, 0.6) is 0 Å². The zero-order valence-corrected chi connectivity index (χ0v) is 9.40. The van der Waals surface area contributed by atoms with Crippen LogP contribution in [0.2, 0.25) is 15.3 Å². The van der Waals surface area contributed by atoms with Crippen molar-refractivity contribution >= 4 is 45.7 Å². The Hall–Kier alpha value is -1.08. The first-order valence-corrected chi connectivity index (χ1v) is 4.98. The number of halogens is 3. The summed E-state index contributed by atoms with van der Waals surface area (Å²) in [5.41, 5.74) is 0.543. The Morgan fingerprint density at radius 1 is 1.20 bits per heavy atom. The molecule has 0 unspecified atom stereocenters. The molecule has 0 spiro atoms. The quantitative estimate of drug-likeness (QED) is 0.680. The lowest BCUT2D eigenvalue weighted by Crippen LogP contribution is -1.90. The third-order valence-corrected chi connectivity index (χ3v) is 2.81. The molecule has 0 bridgehead atoms. The molecule has 6 heteroatoms. The maximum Gasteiger partial charge on any atom is 0.155 e. The van der Waals surface area contributed by atoms with Gasteiger partial charge in [-0.25, -0.2) is 9.97 Å². The van der Waals surface area contributed by atoms with Gasteiger partial charge in [-0.05, 0) is 6.07 Å². The van der Waals surface area contributed by atoms with E-state index in [0.717, 1.165) is 0 Å². The standard InChI is InChI=1S/C9H2Cl3N3/c10-6-4-1-2-14-9(12)7(4)15-8(11)5(6)3-13/h1-2H. The lowest BCUT2D eigenvalue weighted by Gasteiger charge is -2.04. The van der Waals surface area contributed by atoms with Gasteiger partial charge in [0.2, 0.25) is 0 Å². The van der Waals surface area contributed by atoms with Crippen LogP contribution in [-0.2, 0) is 0 Å². The lowest BCUT2D eigenvalue weighted by molar-refractivity contribution is 1.30. The molecular formula is C9H2Cl3N3. The molecular weight excluding hydrogens is 256 g/mol. The van der Waals surface area contributed by atoms with Gasteiger partial charge in [-0.3, -0.25) is 0 Å². The van der Waals surface area contributed by atoms with Crippen molar-refractivity contribution in [3.8, 4) is 6.07 Å². The fourth-order valence-electron chi connectivity index (χ4n) is 1.19. The van der Waals surface area contributed by atoms with E-state index in [9.17, 15) is 0 Å². The molecule has 0 saturated heterocycles. The van der Waals surface area contributed by atoms with Gasteiger partial charge in [0.1, 0.15) is 22.3 Å². The number of rotatable bonds is 0. The molecule has 2 aromatic heterocycles. The van der Waals surface area contributed by atoms with Crippen LogP contribution in [0.25, 0.3) is 10.9 Å². The summed E-state index contributed by atoms with van der Waals surface area (Å²) in [4.78, 5) is 7.82. The number of nitrogens with zero attached hydrogens (tertiary/aromatic N) is 3. The smallest absolute Gasteiger partial charge is 0.155 e. The van der Waals surface area contributed by atoms with Crippen molar-refractivity contribution < 1.29 is 0 Å². The first-order valence-electron chi connectivity index (χ1n) is 3.84. The first kappa shape index (κ1) is 10.4. The summed E-state index contributed by atoms with van der Waals surface area (Å²) in [5, 5.41) is 9.88. The van der Waals surface area contributed by atoms with Crippen molar-refractivity contribution in [2.75, 3.05) is 0 Å². The van der Waals surface area contributed by atoms with Crippen LogP contribution in [0.3, 0.4) is 0 Å². The zero-order chi connectivity index (χ0) is 11.0. The molecule has 15 heavy (non-hydrogen) atoms. The number of nitriles is 1. The molecule has 0 aromatic carbocycles. The third kappa shape index (κ3) is 1.61. The predicted octanol–water partition coefficient (Wildman–Crippen LogP) is 3.46. The van der Waals surface area contributed by atoms with E-state index in [0.29, 0.717) is 10.9 Å². The summed E-state index contributed by atoms with van der Waals surface area (Å²) in [6, 6.07) is 3.52. The summed E-state index contributed by atoms with van der Waals surface area (Å²) in [5.74, 6) is 0. The number of fused-ring (bicyclic) bond motifs is 1. The highest BCUT2D eigenvalue weighted by molar-refractivity contribution is 6.41. The topological polar surface area (TPSA) is 49.6 Å². The summed E-state index contributed by atoms with van der Waals surface area (Å²) in [7, 11) is 0. The van der Waals surface area contributed by atoms with Crippen LogP contribution in [0.4, 0.5) is 0 Å². The van der Waals surface area contributed by atoms with Crippen LogP contribution < -0.4 is 0 Å². The second-order valence-electron chi connectivity index (χ2n) is 2.70. The molecule has 3 nitrogen and oxygen atoms in total. The fraction of sp³-hybridized carbons (Fsp3) is 0. The van der Waals surface area contributed by atoms with E-state index in [1.54, 1.807) is 6.07 Å². The average molecular weight is 258 g/mol. The normalized spacial score (nSPS) is 10.3. The van der Waals surface area contributed by atoms with Gasteiger partial charge in [0.05, 0.1) is 5.02 Å². The SMILES string of the molecule is N#Cc1c(Cl)nc2c(Cl)nccc2c1Cl. The van der Waals surface area contributed by atoms with Crippen molar-refractivity contribution in [3.63, 3.8) is 0 Å². The number of hydrogen-bond acceptors (Lipinski definition) is 3. The molecule has 0 amide bonds. The molecule has 0 aliphatic rings. The second-order valence-corrected chi connectivity index (χ2v) is 3.80. The predicted molar refractivity (Wildman–Crippen MR) is 59.3 cm³/mol. The third-order valence-electron chi connectivity index (χ3n) is 1.86. The van der Waals surface area contributed by atoms with E-state index in [1.165, 1.54) is 6.20 Å². The minimum Gasteiger partial charge on any atom is -0.242 e. The highest BCUT2D eigenvalue weighted by Gasteiger charge is 2.13. The van der Waals surface area contributed by atoms with E-state index in [4.69, 9.17) is 40.1 Å². The number of aromatic nitrogens is 2. The average Bonchev–Trinajstić information content (AvgIpc) is 2.20. The zero-order valence-electron chi connectivity index (χ0n) is 7.13. The Kier molecular flexibility index (Phi) is 2.66. The second kappa shape index (κ2) is 3.82. The molecule has 0 aliphatic carbocycles. The maximum atomic E-state index is 8.82. The Labute approximate surface area is 100 Å². The summed E-state index contributed by atoms with van der Waals surface area (Å²) >= 11 is 17.6.